The van der Waals surface area contributed by atoms with Crippen molar-refractivity contribution in [2.45, 2.75) is 54.4 Å². The van der Waals surface area contributed by atoms with E-state index in [1.165, 1.54) is 12.0 Å². The molecule has 0 heterocycles. The molecule has 0 atom stereocenters. The van der Waals surface area contributed by atoms with Gasteiger partial charge in [-0.2, -0.15) is 0 Å². The molecule has 0 bridgehead atoms. The van der Waals surface area contributed by atoms with E-state index in [9.17, 15) is 0 Å². The third kappa shape index (κ3) is 16.2. The molecule has 0 radical (unpaired) electrons. The van der Waals surface area contributed by atoms with Crippen molar-refractivity contribution in [2.24, 2.45) is 0 Å². The van der Waals surface area contributed by atoms with E-state index in [0.29, 0.717) is 0 Å². The quantitative estimate of drug-likeness (QED) is 0.524. The Morgan fingerprint density at radius 1 is 1.17 bits per heavy atom. The first kappa shape index (κ1) is 17.5. The minimum Gasteiger partial charge on any atom is -0.0988 e. The highest BCUT2D eigenvalue weighted by molar-refractivity contribution is 5.14. The second kappa shape index (κ2) is 16.8. The maximum atomic E-state index is 3.68. The van der Waals surface area contributed by atoms with Gasteiger partial charge in [0, 0.05) is 0 Å². The van der Waals surface area contributed by atoms with Crippen LogP contribution in [0.5, 0.6) is 0 Å². The van der Waals surface area contributed by atoms with E-state index in [2.05, 4.69) is 40.3 Å². The molecular formula is C12H26. The fourth-order valence-corrected chi connectivity index (χ4v) is 0.634. The maximum absolute atomic E-state index is 3.68. The summed E-state index contributed by atoms with van der Waals surface area (Å²) in [6, 6.07) is 0. The van der Waals surface area contributed by atoms with Gasteiger partial charge in [-0.3, -0.25) is 0 Å². The van der Waals surface area contributed by atoms with Gasteiger partial charge in [-0.1, -0.05) is 65.8 Å². The smallest absolute Gasteiger partial charge is 0.0311 e. The minimum absolute atomic E-state index is 0. The molecule has 0 aromatic heterocycles. The van der Waals surface area contributed by atoms with Gasteiger partial charge in [0.15, 0.2) is 0 Å². The molecule has 0 rings (SSSR count). The maximum Gasteiger partial charge on any atom is -0.0311 e. The first-order valence-corrected chi connectivity index (χ1v) is 4.58. The Labute approximate surface area is 79.4 Å². The van der Waals surface area contributed by atoms with E-state index >= 15 is 0 Å². The Hall–Kier alpha value is -0.520. The van der Waals surface area contributed by atoms with Gasteiger partial charge in [0.25, 0.3) is 0 Å². The fourth-order valence-electron chi connectivity index (χ4n) is 0.634. The van der Waals surface area contributed by atoms with E-state index < -0.39 is 0 Å². The van der Waals surface area contributed by atoms with Gasteiger partial charge < -0.3 is 0 Å². The Bertz CT molecular complexity index is 98.6. The number of hydrogen-bond donors (Lipinski definition) is 0. The van der Waals surface area contributed by atoms with Crippen molar-refractivity contribution in [3.8, 4) is 0 Å². The summed E-state index contributed by atoms with van der Waals surface area (Å²) >= 11 is 0. The highest BCUT2D eigenvalue weighted by Gasteiger charge is 1.80. The fraction of sp³-hybridized carbons (Fsp3) is 0.667. The van der Waals surface area contributed by atoms with Gasteiger partial charge in [0.2, 0.25) is 0 Å². The van der Waals surface area contributed by atoms with Gasteiger partial charge in [0.1, 0.15) is 0 Å². The SMILES string of the molecule is C.C=C/C(=C\CC)CC.CCC. The van der Waals surface area contributed by atoms with Gasteiger partial charge >= 0.3 is 0 Å². The minimum atomic E-state index is 0. The normalized spacial score (nSPS) is 9.17. The van der Waals surface area contributed by atoms with Crippen LogP contribution in [-0.2, 0) is 0 Å². The van der Waals surface area contributed by atoms with Crippen LogP contribution in [0.15, 0.2) is 24.3 Å². The topological polar surface area (TPSA) is 0 Å². The van der Waals surface area contributed by atoms with Crippen molar-refractivity contribution in [3.63, 3.8) is 0 Å². The van der Waals surface area contributed by atoms with Crippen molar-refractivity contribution in [1.29, 1.82) is 0 Å². The van der Waals surface area contributed by atoms with Crippen LogP contribution in [0.1, 0.15) is 54.4 Å². The van der Waals surface area contributed by atoms with Crippen molar-refractivity contribution in [2.75, 3.05) is 0 Å². The third-order valence-corrected chi connectivity index (χ3v) is 1.14. The lowest BCUT2D eigenvalue weighted by molar-refractivity contribution is 1.09. The lowest BCUT2D eigenvalue weighted by Gasteiger charge is -1.91. The van der Waals surface area contributed by atoms with Gasteiger partial charge in [-0.25, -0.2) is 0 Å². The summed E-state index contributed by atoms with van der Waals surface area (Å²) < 4.78 is 0. The zero-order valence-electron chi connectivity index (χ0n) is 8.48. The van der Waals surface area contributed by atoms with Crippen LogP contribution in [0, 0.1) is 0 Å². The van der Waals surface area contributed by atoms with Crippen LogP contribution in [0.2, 0.25) is 0 Å². The molecule has 74 valence electrons. The lowest BCUT2D eigenvalue weighted by atomic mass is 10.2. The molecule has 12 heavy (non-hydrogen) atoms. The molecule has 0 unspecified atom stereocenters. The molecule has 0 aromatic rings. The van der Waals surface area contributed by atoms with Gasteiger partial charge in [0.05, 0.1) is 0 Å². The van der Waals surface area contributed by atoms with Crippen molar-refractivity contribution in [3.05, 3.63) is 24.3 Å². The second-order valence-corrected chi connectivity index (χ2v) is 2.45. The Balaban J connectivity index is -0.000000177. The largest absolute Gasteiger partial charge is 0.0988 e. The zero-order valence-corrected chi connectivity index (χ0v) is 8.48. The summed E-state index contributed by atoms with van der Waals surface area (Å²) in [6.45, 7) is 12.2. The number of rotatable bonds is 3. The molecule has 0 aromatic carbocycles. The van der Waals surface area contributed by atoms with Crippen LogP contribution >= 0.6 is 0 Å². The first-order valence-electron chi connectivity index (χ1n) is 4.58. The summed E-state index contributed by atoms with van der Waals surface area (Å²) in [5.74, 6) is 0. The molecule has 0 aliphatic heterocycles. The molecule has 0 saturated carbocycles. The van der Waals surface area contributed by atoms with E-state index in [4.69, 9.17) is 0 Å². The summed E-state index contributed by atoms with van der Waals surface area (Å²) in [5.41, 5.74) is 1.35. The molecule has 0 spiro atoms. The van der Waals surface area contributed by atoms with E-state index in [1.54, 1.807) is 0 Å². The summed E-state index contributed by atoms with van der Waals surface area (Å²) in [5, 5.41) is 0. The molecule has 0 N–H and O–H groups in total. The molecule has 0 heteroatoms. The van der Waals surface area contributed by atoms with E-state index in [-0.39, 0.29) is 7.43 Å². The zero-order chi connectivity index (χ0) is 9.11. The Morgan fingerprint density at radius 2 is 1.58 bits per heavy atom. The lowest BCUT2D eigenvalue weighted by Crippen LogP contribution is -1.70. The van der Waals surface area contributed by atoms with Crippen LogP contribution in [0.3, 0.4) is 0 Å². The molecule has 0 saturated heterocycles. The third-order valence-electron chi connectivity index (χ3n) is 1.14. The molecular weight excluding hydrogens is 144 g/mol. The molecule has 0 aliphatic rings. The average molecular weight is 170 g/mol. The Morgan fingerprint density at radius 3 is 1.67 bits per heavy atom. The van der Waals surface area contributed by atoms with Crippen LogP contribution in [0.4, 0.5) is 0 Å². The predicted octanol–water partition coefficient (Wildman–Crippen LogP) is 4.97. The summed E-state index contributed by atoms with van der Waals surface area (Å²) in [6.07, 6.45) is 7.60. The second-order valence-electron chi connectivity index (χ2n) is 2.45. The monoisotopic (exact) mass is 170 g/mol. The van der Waals surface area contributed by atoms with Crippen LogP contribution in [-0.4, -0.2) is 0 Å². The predicted molar refractivity (Wildman–Crippen MR) is 61.6 cm³/mol. The molecule has 0 fully saturated rings. The van der Waals surface area contributed by atoms with Crippen LogP contribution < -0.4 is 0 Å². The Kier molecular flexibility index (Phi) is 24.6. The van der Waals surface area contributed by atoms with Crippen LogP contribution in [0.25, 0.3) is 0 Å². The van der Waals surface area contributed by atoms with E-state index in [0.717, 1.165) is 12.8 Å². The summed E-state index contributed by atoms with van der Waals surface area (Å²) in [4.78, 5) is 0. The highest BCUT2D eigenvalue weighted by atomic mass is 13.9. The van der Waals surface area contributed by atoms with E-state index in [1.807, 2.05) is 6.08 Å². The van der Waals surface area contributed by atoms with Crippen molar-refractivity contribution >= 4 is 0 Å². The first-order chi connectivity index (χ1) is 5.26. The highest BCUT2D eigenvalue weighted by Crippen LogP contribution is 2.01. The molecule has 0 aliphatic carbocycles. The molecule has 0 amide bonds. The van der Waals surface area contributed by atoms with Crippen molar-refractivity contribution < 1.29 is 0 Å². The number of allylic oxidation sites excluding steroid dienone is 3. The number of hydrogen-bond acceptors (Lipinski definition) is 0. The molecule has 0 nitrogen and oxygen atoms in total. The standard InChI is InChI=1S/C8H14.C3H8.CH4/c1-4-7-8(5-2)6-3;1-3-2;/h5,7H,2,4,6H2,1,3H3;3H2,1-2H3;1H4/b8-7+;;. The average Bonchev–Trinajstić information content (AvgIpc) is 2.02. The van der Waals surface area contributed by atoms with Gasteiger partial charge in [-0.05, 0) is 12.8 Å². The van der Waals surface area contributed by atoms with Gasteiger partial charge in [-0.15, -0.1) is 0 Å². The summed E-state index contributed by atoms with van der Waals surface area (Å²) in [7, 11) is 0. The van der Waals surface area contributed by atoms with Crippen molar-refractivity contribution in [1.82, 2.24) is 0 Å².